The van der Waals surface area contributed by atoms with Crippen LogP contribution in [0.2, 0.25) is 0 Å². The second-order valence-corrected chi connectivity index (χ2v) is 6.52. The number of hydrogen-bond donors (Lipinski definition) is 1. The number of hydrogen-bond acceptors (Lipinski definition) is 3. The van der Waals surface area contributed by atoms with Gasteiger partial charge in [-0.25, -0.2) is 9.59 Å². The fourth-order valence-corrected chi connectivity index (χ4v) is 2.83. The Balaban J connectivity index is 2.10. The minimum Gasteiger partial charge on any atom is -0.480 e. The second kappa shape index (κ2) is 4.14. The molecule has 0 unspecified atom stereocenters. The highest BCUT2D eigenvalue weighted by molar-refractivity contribution is 5.81. The van der Waals surface area contributed by atoms with E-state index in [4.69, 9.17) is 4.74 Å². The van der Waals surface area contributed by atoms with Crippen molar-refractivity contribution in [3.05, 3.63) is 0 Å². The van der Waals surface area contributed by atoms with Crippen LogP contribution in [0.5, 0.6) is 0 Å². The Kier molecular flexibility index (Phi) is 3.03. The SMILES string of the molecule is CC(C)(C)OC(=O)N1CC2(CCC2)C[C@H]1C(=O)O. The molecule has 2 rings (SSSR count). The summed E-state index contributed by atoms with van der Waals surface area (Å²) in [4.78, 5) is 24.7. The number of nitrogens with zero attached hydrogens (tertiary/aromatic N) is 1. The van der Waals surface area contributed by atoms with Gasteiger partial charge in [0.25, 0.3) is 0 Å². The van der Waals surface area contributed by atoms with E-state index in [-0.39, 0.29) is 5.41 Å². The molecule has 1 aliphatic carbocycles. The van der Waals surface area contributed by atoms with Gasteiger partial charge in [-0.2, -0.15) is 0 Å². The Labute approximate surface area is 107 Å². The number of carbonyl (C=O) groups excluding carboxylic acids is 1. The van der Waals surface area contributed by atoms with E-state index in [9.17, 15) is 14.7 Å². The molecule has 0 aromatic heterocycles. The standard InChI is InChI=1S/C13H21NO4/c1-12(2,3)18-11(17)14-8-13(5-4-6-13)7-9(14)10(15)16/h9H,4-8H2,1-3H3,(H,15,16)/t9-/m0/s1. The Bertz CT molecular complexity index is 368. The zero-order chi connectivity index (χ0) is 13.6. The van der Waals surface area contributed by atoms with Crippen molar-refractivity contribution in [2.75, 3.05) is 6.54 Å². The van der Waals surface area contributed by atoms with Gasteiger partial charge in [-0.15, -0.1) is 0 Å². The Morgan fingerprint density at radius 1 is 1.33 bits per heavy atom. The van der Waals surface area contributed by atoms with E-state index in [0.717, 1.165) is 19.3 Å². The van der Waals surface area contributed by atoms with E-state index < -0.39 is 23.7 Å². The largest absolute Gasteiger partial charge is 0.480 e. The van der Waals surface area contributed by atoms with Crippen LogP contribution in [-0.4, -0.2) is 40.3 Å². The average molecular weight is 255 g/mol. The quantitative estimate of drug-likeness (QED) is 0.780. The van der Waals surface area contributed by atoms with Crippen molar-refractivity contribution >= 4 is 12.1 Å². The number of likely N-dealkylation sites (tertiary alicyclic amines) is 1. The first-order valence-electron chi connectivity index (χ1n) is 6.45. The maximum absolute atomic E-state index is 12.0. The van der Waals surface area contributed by atoms with Crippen LogP contribution in [0.3, 0.4) is 0 Å². The van der Waals surface area contributed by atoms with Gasteiger partial charge in [0.2, 0.25) is 0 Å². The first-order valence-corrected chi connectivity index (χ1v) is 6.45. The normalized spacial score (nSPS) is 25.9. The summed E-state index contributed by atoms with van der Waals surface area (Å²) in [5, 5.41) is 9.23. The Morgan fingerprint density at radius 2 is 1.94 bits per heavy atom. The van der Waals surface area contributed by atoms with Gasteiger partial charge in [0.05, 0.1) is 0 Å². The van der Waals surface area contributed by atoms with Gasteiger partial charge >= 0.3 is 12.1 Å². The molecule has 5 nitrogen and oxygen atoms in total. The van der Waals surface area contributed by atoms with E-state index in [2.05, 4.69) is 0 Å². The molecule has 0 aromatic rings. The van der Waals surface area contributed by atoms with Gasteiger partial charge in [0.15, 0.2) is 0 Å². The van der Waals surface area contributed by atoms with Crippen LogP contribution in [0.1, 0.15) is 46.5 Å². The number of amides is 1. The van der Waals surface area contributed by atoms with Gasteiger partial charge in [-0.1, -0.05) is 6.42 Å². The molecule has 1 N–H and O–H groups in total. The molecule has 102 valence electrons. The van der Waals surface area contributed by atoms with Gasteiger partial charge in [-0.3, -0.25) is 4.90 Å². The fraction of sp³-hybridized carbons (Fsp3) is 0.846. The minimum atomic E-state index is -0.926. The van der Waals surface area contributed by atoms with Crippen LogP contribution < -0.4 is 0 Å². The van der Waals surface area contributed by atoms with Crippen LogP contribution in [0.15, 0.2) is 0 Å². The number of aliphatic carboxylic acids is 1. The number of carboxylic acid groups (broad SMARTS) is 1. The average Bonchev–Trinajstić information content (AvgIpc) is 2.54. The molecule has 2 fully saturated rings. The predicted molar refractivity (Wildman–Crippen MR) is 65.3 cm³/mol. The van der Waals surface area contributed by atoms with E-state index in [1.807, 2.05) is 0 Å². The Morgan fingerprint density at radius 3 is 2.33 bits per heavy atom. The summed E-state index contributed by atoms with van der Waals surface area (Å²) in [7, 11) is 0. The van der Waals surface area contributed by atoms with Gasteiger partial charge in [0.1, 0.15) is 11.6 Å². The van der Waals surface area contributed by atoms with Gasteiger partial charge in [0, 0.05) is 6.54 Å². The van der Waals surface area contributed by atoms with Crippen LogP contribution >= 0.6 is 0 Å². The van der Waals surface area contributed by atoms with Crippen molar-refractivity contribution in [1.82, 2.24) is 4.90 Å². The molecule has 1 aliphatic heterocycles. The number of ether oxygens (including phenoxy) is 1. The predicted octanol–water partition coefficient (Wildman–Crippen LogP) is 2.25. The molecule has 0 aromatic carbocycles. The molecular weight excluding hydrogens is 234 g/mol. The first kappa shape index (κ1) is 13.2. The van der Waals surface area contributed by atoms with Crippen LogP contribution in [-0.2, 0) is 9.53 Å². The molecule has 1 saturated heterocycles. The minimum absolute atomic E-state index is 0.0416. The molecule has 0 radical (unpaired) electrons. The van der Waals surface area contributed by atoms with E-state index in [0.29, 0.717) is 13.0 Å². The molecule has 1 saturated carbocycles. The van der Waals surface area contributed by atoms with E-state index in [1.165, 1.54) is 4.90 Å². The third-order valence-corrected chi connectivity index (χ3v) is 3.84. The lowest BCUT2D eigenvalue weighted by atomic mass is 9.67. The zero-order valence-electron chi connectivity index (χ0n) is 11.2. The van der Waals surface area contributed by atoms with Crippen molar-refractivity contribution in [2.24, 2.45) is 5.41 Å². The van der Waals surface area contributed by atoms with Crippen LogP contribution in [0, 0.1) is 5.41 Å². The molecule has 5 heteroatoms. The summed E-state index contributed by atoms with van der Waals surface area (Å²) in [5.74, 6) is -0.926. The third-order valence-electron chi connectivity index (χ3n) is 3.84. The van der Waals surface area contributed by atoms with Crippen molar-refractivity contribution < 1.29 is 19.4 Å². The lowest BCUT2D eigenvalue weighted by Crippen LogP contribution is -2.44. The van der Waals surface area contributed by atoms with Gasteiger partial charge in [-0.05, 0) is 45.4 Å². The zero-order valence-corrected chi connectivity index (χ0v) is 11.2. The van der Waals surface area contributed by atoms with Crippen molar-refractivity contribution in [1.29, 1.82) is 0 Å². The molecule has 1 amide bonds. The number of carboxylic acids is 1. The molecule has 0 bridgehead atoms. The number of rotatable bonds is 1. The molecule has 2 aliphatic rings. The highest BCUT2D eigenvalue weighted by Gasteiger charge is 2.52. The Hall–Kier alpha value is -1.26. The lowest BCUT2D eigenvalue weighted by molar-refractivity contribution is -0.142. The smallest absolute Gasteiger partial charge is 0.411 e. The van der Waals surface area contributed by atoms with Crippen molar-refractivity contribution in [3.8, 4) is 0 Å². The monoisotopic (exact) mass is 255 g/mol. The molecular formula is C13H21NO4. The van der Waals surface area contributed by atoms with Crippen molar-refractivity contribution in [3.63, 3.8) is 0 Å². The maximum atomic E-state index is 12.0. The summed E-state index contributed by atoms with van der Waals surface area (Å²) in [6, 6.07) is -0.722. The maximum Gasteiger partial charge on any atom is 0.411 e. The fourth-order valence-electron chi connectivity index (χ4n) is 2.83. The third kappa shape index (κ3) is 2.44. The molecule has 1 atom stereocenters. The topological polar surface area (TPSA) is 66.8 Å². The highest BCUT2D eigenvalue weighted by atomic mass is 16.6. The van der Waals surface area contributed by atoms with E-state index in [1.54, 1.807) is 20.8 Å². The lowest BCUT2D eigenvalue weighted by Gasteiger charge is -2.37. The van der Waals surface area contributed by atoms with Crippen LogP contribution in [0.4, 0.5) is 4.79 Å². The highest BCUT2D eigenvalue weighted by Crippen LogP contribution is 2.50. The van der Waals surface area contributed by atoms with E-state index >= 15 is 0 Å². The first-order chi connectivity index (χ1) is 8.22. The molecule has 1 spiro atoms. The van der Waals surface area contributed by atoms with Crippen LogP contribution in [0.25, 0.3) is 0 Å². The summed E-state index contributed by atoms with van der Waals surface area (Å²) >= 11 is 0. The summed E-state index contributed by atoms with van der Waals surface area (Å²) < 4.78 is 5.29. The molecule has 1 heterocycles. The summed E-state index contributed by atoms with van der Waals surface area (Å²) in [6.07, 6.45) is 3.25. The number of carbonyl (C=O) groups is 2. The summed E-state index contributed by atoms with van der Waals surface area (Å²) in [5.41, 5.74) is -0.546. The van der Waals surface area contributed by atoms with Crippen molar-refractivity contribution in [2.45, 2.75) is 58.1 Å². The second-order valence-electron chi connectivity index (χ2n) is 6.52. The van der Waals surface area contributed by atoms with Gasteiger partial charge < -0.3 is 9.84 Å². The molecule has 18 heavy (non-hydrogen) atoms. The summed E-state index contributed by atoms with van der Waals surface area (Å²) in [6.45, 7) is 5.89.